The molecule has 1 N–H and O–H groups in total. The van der Waals surface area contributed by atoms with Crippen LogP contribution in [0.3, 0.4) is 0 Å². The van der Waals surface area contributed by atoms with E-state index in [1.54, 1.807) is 0 Å². The molecule has 1 fully saturated rings. The maximum Gasteiger partial charge on any atom is 0.237 e. The lowest BCUT2D eigenvalue weighted by Crippen LogP contribution is -2.27. The first-order valence-corrected chi connectivity index (χ1v) is 9.08. The van der Waals surface area contributed by atoms with Gasteiger partial charge in [-0.1, -0.05) is 38.3 Å². The van der Waals surface area contributed by atoms with E-state index in [2.05, 4.69) is 37.4 Å². The molecule has 0 aliphatic heterocycles. The van der Waals surface area contributed by atoms with E-state index in [-0.39, 0.29) is 11.2 Å². The van der Waals surface area contributed by atoms with Gasteiger partial charge >= 0.3 is 0 Å². The van der Waals surface area contributed by atoms with Crippen LogP contribution in [0.5, 0.6) is 0 Å². The Morgan fingerprint density at radius 3 is 2.67 bits per heavy atom. The molecule has 116 valence electrons. The van der Waals surface area contributed by atoms with Crippen molar-refractivity contribution in [3.63, 3.8) is 0 Å². The molecule has 1 amide bonds. The van der Waals surface area contributed by atoms with E-state index in [1.807, 2.05) is 18.7 Å². The summed E-state index contributed by atoms with van der Waals surface area (Å²) < 4.78 is 0. The maximum absolute atomic E-state index is 12.5. The van der Waals surface area contributed by atoms with Crippen LogP contribution in [0, 0.1) is 13.8 Å². The van der Waals surface area contributed by atoms with Crippen molar-refractivity contribution in [2.45, 2.75) is 69.8 Å². The zero-order chi connectivity index (χ0) is 15.2. The number of amides is 1. The summed E-state index contributed by atoms with van der Waals surface area (Å²) in [5.41, 5.74) is 3.28. The second-order valence-electron chi connectivity index (χ2n) is 6.10. The highest BCUT2D eigenvalue weighted by atomic mass is 32.2. The fourth-order valence-electron chi connectivity index (χ4n) is 2.86. The van der Waals surface area contributed by atoms with Crippen LogP contribution >= 0.6 is 11.8 Å². The number of hydrogen-bond acceptors (Lipinski definition) is 2. The monoisotopic (exact) mass is 305 g/mol. The normalized spacial score (nSPS) is 17.5. The quantitative estimate of drug-likeness (QED) is 0.821. The summed E-state index contributed by atoms with van der Waals surface area (Å²) in [6.07, 6.45) is 7.47. The summed E-state index contributed by atoms with van der Waals surface area (Å²) in [6, 6.07) is 6.21. The fourth-order valence-corrected chi connectivity index (χ4v) is 4.31. The van der Waals surface area contributed by atoms with Gasteiger partial charge in [-0.3, -0.25) is 4.79 Å². The number of thioether (sulfide) groups is 1. The standard InChI is InChI=1S/C18H27NOS/c1-4-17(21-15-8-6-5-7-9-15)18(20)19-16-12-13(2)10-11-14(16)3/h10-12,15,17H,4-9H2,1-3H3,(H,19,20). The highest BCUT2D eigenvalue weighted by Crippen LogP contribution is 2.32. The average molecular weight is 305 g/mol. The van der Waals surface area contributed by atoms with E-state index in [1.165, 1.54) is 37.7 Å². The summed E-state index contributed by atoms with van der Waals surface area (Å²) in [7, 11) is 0. The number of nitrogens with one attached hydrogen (secondary N) is 1. The zero-order valence-electron chi connectivity index (χ0n) is 13.4. The SMILES string of the molecule is CCC(SC1CCCCC1)C(=O)Nc1cc(C)ccc1C. The van der Waals surface area contributed by atoms with Gasteiger partial charge in [0.1, 0.15) is 0 Å². The van der Waals surface area contributed by atoms with Crippen LogP contribution in [0.4, 0.5) is 5.69 Å². The predicted octanol–water partition coefficient (Wildman–Crippen LogP) is 5.09. The van der Waals surface area contributed by atoms with Gasteiger partial charge < -0.3 is 5.32 Å². The lowest BCUT2D eigenvalue weighted by molar-refractivity contribution is -0.115. The summed E-state index contributed by atoms with van der Waals surface area (Å²) >= 11 is 1.89. The highest BCUT2D eigenvalue weighted by molar-refractivity contribution is 8.01. The van der Waals surface area contributed by atoms with E-state index >= 15 is 0 Å². The highest BCUT2D eigenvalue weighted by Gasteiger charge is 2.23. The molecule has 1 unspecified atom stereocenters. The van der Waals surface area contributed by atoms with E-state index < -0.39 is 0 Å². The molecule has 2 nitrogen and oxygen atoms in total. The second kappa shape index (κ2) is 7.88. The lowest BCUT2D eigenvalue weighted by Gasteiger charge is -2.25. The van der Waals surface area contributed by atoms with Gasteiger partial charge in [0.15, 0.2) is 0 Å². The Balaban J connectivity index is 1.97. The van der Waals surface area contributed by atoms with E-state index in [9.17, 15) is 4.79 Å². The van der Waals surface area contributed by atoms with E-state index in [4.69, 9.17) is 0 Å². The molecule has 0 aromatic heterocycles. The molecule has 1 atom stereocenters. The van der Waals surface area contributed by atoms with Gasteiger partial charge in [0, 0.05) is 10.9 Å². The Morgan fingerprint density at radius 1 is 1.29 bits per heavy atom. The first-order chi connectivity index (χ1) is 10.1. The number of carbonyl (C=O) groups is 1. The topological polar surface area (TPSA) is 29.1 Å². The minimum Gasteiger partial charge on any atom is -0.325 e. The van der Waals surface area contributed by atoms with E-state index in [0.717, 1.165) is 17.7 Å². The largest absolute Gasteiger partial charge is 0.325 e. The molecule has 0 saturated heterocycles. The van der Waals surface area contributed by atoms with Crippen LogP contribution in [0.25, 0.3) is 0 Å². The van der Waals surface area contributed by atoms with Crippen molar-refractivity contribution in [2.24, 2.45) is 0 Å². The third-order valence-corrected chi connectivity index (χ3v) is 5.96. The molecular weight excluding hydrogens is 278 g/mol. The van der Waals surface area contributed by atoms with Gasteiger partial charge in [-0.25, -0.2) is 0 Å². The molecule has 1 saturated carbocycles. The lowest BCUT2D eigenvalue weighted by atomic mass is 10.0. The molecular formula is C18H27NOS. The molecule has 0 radical (unpaired) electrons. The van der Waals surface area contributed by atoms with Crippen molar-refractivity contribution in [3.05, 3.63) is 29.3 Å². The third kappa shape index (κ3) is 4.77. The Kier molecular flexibility index (Phi) is 6.16. The van der Waals surface area contributed by atoms with Gasteiger partial charge in [-0.15, -0.1) is 11.8 Å². The molecule has 2 rings (SSSR count). The average Bonchev–Trinajstić information content (AvgIpc) is 2.49. The third-order valence-electron chi connectivity index (χ3n) is 4.22. The van der Waals surface area contributed by atoms with Crippen molar-refractivity contribution in [1.82, 2.24) is 0 Å². The van der Waals surface area contributed by atoms with Gasteiger partial charge in [-0.2, -0.15) is 0 Å². The van der Waals surface area contributed by atoms with Crippen molar-refractivity contribution in [3.8, 4) is 0 Å². The van der Waals surface area contributed by atoms with Gasteiger partial charge in [-0.05, 0) is 50.3 Å². The number of hydrogen-bond donors (Lipinski definition) is 1. The van der Waals surface area contributed by atoms with Crippen LogP contribution in [0.15, 0.2) is 18.2 Å². The molecule has 3 heteroatoms. The number of carbonyl (C=O) groups excluding carboxylic acids is 1. The summed E-state index contributed by atoms with van der Waals surface area (Å²) in [5.74, 6) is 0.168. The molecule has 1 aromatic carbocycles. The molecule has 1 aliphatic carbocycles. The van der Waals surface area contributed by atoms with Crippen molar-refractivity contribution in [2.75, 3.05) is 5.32 Å². The second-order valence-corrected chi connectivity index (χ2v) is 7.61. The predicted molar refractivity (Wildman–Crippen MR) is 93.1 cm³/mol. The summed E-state index contributed by atoms with van der Waals surface area (Å²) in [5, 5.41) is 3.88. The first kappa shape index (κ1) is 16.4. The number of anilines is 1. The number of benzene rings is 1. The van der Waals surface area contributed by atoms with Crippen molar-refractivity contribution >= 4 is 23.4 Å². The molecule has 1 aliphatic rings. The van der Waals surface area contributed by atoms with Crippen molar-refractivity contribution < 1.29 is 4.79 Å². The van der Waals surface area contributed by atoms with Gasteiger partial charge in [0.05, 0.1) is 5.25 Å². The number of rotatable bonds is 5. The molecule has 0 spiro atoms. The van der Waals surface area contributed by atoms with E-state index in [0.29, 0.717) is 5.25 Å². The van der Waals surface area contributed by atoms with Crippen LogP contribution in [0.1, 0.15) is 56.6 Å². The fraction of sp³-hybridized carbons (Fsp3) is 0.611. The smallest absolute Gasteiger partial charge is 0.237 e. The van der Waals surface area contributed by atoms with Crippen LogP contribution in [-0.2, 0) is 4.79 Å². The summed E-state index contributed by atoms with van der Waals surface area (Å²) in [4.78, 5) is 12.5. The number of aryl methyl sites for hydroxylation is 2. The van der Waals surface area contributed by atoms with Crippen LogP contribution < -0.4 is 5.32 Å². The minimum absolute atomic E-state index is 0.0769. The molecule has 0 bridgehead atoms. The Morgan fingerprint density at radius 2 is 2.00 bits per heavy atom. The van der Waals surface area contributed by atoms with Crippen molar-refractivity contribution in [1.29, 1.82) is 0 Å². The molecule has 0 heterocycles. The molecule has 21 heavy (non-hydrogen) atoms. The van der Waals surface area contributed by atoms with Gasteiger partial charge in [0.2, 0.25) is 5.91 Å². The van der Waals surface area contributed by atoms with Crippen LogP contribution in [-0.4, -0.2) is 16.4 Å². The Hall–Kier alpha value is -0.960. The molecule has 1 aromatic rings. The first-order valence-electron chi connectivity index (χ1n) is 8.13. The Bertz CT molecular complexity index is 480. The van der Waals surface area contributed by atoms with Gasteiger partial charge in [0.25, 0.3) is 0 Å². The minimum atomic E-state index is 0.0769. The Labute approximate surface area is 133 Å². The maximum atomic E-state index is 12.5. The zero-order valence-corrected chi connectivity index (χ0v) is 14.3. The van der Waals surface area contributed by atoms with Crippen LogP contribution in [0.2, 0.25) is 0 Å². The summed E-state index contributed by atoms with van der Waals surface area (Å²) in [6.45, 7) is 6.22.